The van der Waals surface area contributed by atoms with Crippen LogP contribution >= 0.6 is 34.4 Å². The average Bonchev–Trinajstić information content (AvgIpc) is 3.29. The first-order valence-corrected chi connectivity index (χ1v) is 12.6. The SMILES string of the molecule is CC1CCc2c(sc(NC(=O)CSc3ncnc4sccc34)c2C(=O)OC(C)C)C1. The quantitative estimate of drug-likeness (QED) is 0.310. The lowest BCUT2D eigenvalue weighted by molar-refractivity contribution is -0.113. The number of aromatic nitrogens is 2. The molecule has 0 fully saturated rings. The van der Waals surface area contributed by atoms with Gasteiger partial charge in [-0.15, -0.1) is 22.7 Å². The summed E-state index contributed by atoms with van der Waals surface area (Å²) in [6.07, 6.45) is 4.13. The summed E-state index contributed by atoms with van der Waals surface area (Å²) in [6.45, 7) is 5.89. The molecule has 1 aliphatic carbocycles. The maximum absolute atomic E-state index is 12.8. The van der Waals surface area contributed by atoms with Crippen LogP contribution in [-0.2, 0) is 22.4 Å². The second-order valence-corrected chi connectivity index (χ2v) is 10.6. The van der Waals surface area contributed by atoms with Crippen molar-refractivity contribution < 1.29 is 14.3 Å². The number of anilines is 1. The number of thioether (sulfide) groups is 1. The zero-order chi connectivity index (χ0) is 21.3. The summed E-state index contributed by atoms with van der Waals surface area (Å²) in [6, 6.07) is 1.97. The summed E-state index contributed by atoms with van der Waals surface area (Å²) < 4.78 is 5.47. The fourth-order valence-electron chi connectivity index (χ4n) is 3.51. The second-order valence-electron chi connectivity index (χ2n) is 7.67. The number of carbonyl (C=O) groups excluding carboxylic acids is 2. The van der Waals surface area contributed by atoms with E-state index in [1.165, 1.54) is 34.3 Å². The molecule has 9 heteroatoms. The number of amides is 1. The number of rotatable bonds is 6. The van der Waals surface area contributed by atoms with Crippen molar-refractivity contribution in [3.63, 3.8) is 0 Å². The van der Waals surface area contributed by atoms with Gasteiger partial charge < -0.3 is 10.1 Å². The van der Waals surface area contributed by atoms with Gasteiger partial charge in [-0.3, -0.25) is 4.79 Å². The van der Waals surface area contributed by atoms with Crippen molar-refractivity contribution in [3.05, 3.63) is 33.8 Å². The molecule has 158 valence electrons. The number of hydrogen-bond donors (Lipinski definition) is 1. The Morgan fingerprint density at radius 1 is 1.37 bits per heavy atom. The van der Waals surface area contributed by atoms with E-state index >= 15 is 0 Å². The minimum Gasteiger partial charge on any atom is -0.459 e. The van der Waals surface area contributed by atoms with E-state index in [-0.39, 0.29) is 23.7 Å². The molecule has 0 saturated heterocycles. The van der Waals surface area contributed by atoms with Gasteiger partial charge in [-0.1, -0.05) is 18.7 Å². The number of ether oxygens (including phenoxy) is 1. The summed E-state index contributed by atoms with van der Waals surface area (Å²) in [5.41, 5.74) is 1.58. The van der Waals surface area contributed by atoms with Crippen LogP contribution in [0.3, 0.4) is 0 Å². The van der Waals surface area contributed by atoms with E-state index in [2.05, 4.69) is 22.2 Å². The highest BCUT2D eigenvalue weighted by Crippen LogP contribution is 2.40. The molecule has 0 radical (unpaired) electrons. The molecule has 6 nitrogen and oxygen atoms in total. The van der Waals surface area contributed by atoms with Crippen LogP contribution in [0.15, 0.2) is 22.8 Å². The molecule has 3 aromatic heterocycles. The normalized spacial score (nSPS) is 15.9. The molecule has 0 bridgehead atoms. The van der Waals surface area contributed by atoms with E-state index < -0.39 is 0 Å². The van der Waals surface area contributed by atoms with Crippen LogP contribution in [-0.4, -0.2) is 33.7 Å². The number of fused-ring (bicyclic) bond motifs is 2. The Bertz CT molecular complexity index is 1090. The van der Waals surface area contributed by atoms with Crippen LogP contribution in [0.25, 0.3) is 10.2 Å². The Hall–Kier alpha value is -1.97. The number of nitrogens with one attached hydrogen (secondary N) is 1. The number of thiophene rings is 2. The Morgan fingerprint density at radius 3 is 3.00 bits per heavy atom. The zero-order valence-electron chi connectivity index (χ0n) is 17.1. The van der Waals surface area contributed by atoms with Crippen molar-refractivity contribution in [1.82, 2.24) is 9.97 Å². The topological polar surface area (TPSA) is 81.2 Å². The fourth-order valence-corrected chi connectivity index (χ4v) is 6.50. The molecular weight excluding hydrogens is 438 g/mol. The third kappa shape index (κ3) is 4.53. The molecule has 3 aromatic rings. The minimum absolute atomic E-state index is 0.160. The largest absolute Gasteiger partial charge is 0.459 e. The summed E-state index contributed by atoms with van der Waals surface area (Å²) in [7, 11) is 0. The third-order valence-electron chi connectivity index (χ3n) is 4.88. The molecule has 0 spiro atoms. The molecule has 1 unspecified atom stereocenters. The van der Waals surface area contributed by atoms with Crippen molar-refractivity contribution in [1.29, 1.82) is 0 Å². The first-order valence-electron chi connectivity index (χ1n) is 9.88. The Labute approximate surface area is 187 Å². The molecule has 0 aliphatic heterocycles. The van der Waals surface area contributed by atoms with Crippen molar-refractivity contribution in [2.45, 2.75) is 51.2 Å². The van der Waals surface area contributed by atoms with Gasteiger partial charge >= 0.3 is 5.97 Å². The van der Waals surface area contributed by atoms with Crippen LogP contribution in [0.4, 0.5) is 5.00 Å². The van der Waals surface area contributed by atoms with E-state index in [1.54, 1.807) is 11.3 Å². The summed E-state index contributed by atoms with van der Waals surface area (Å²) in [5.74, 6) is 0.276. The van der Waals surface area contributed by atoms with Crippen LogP contribution in [0, 0.1) is 5.92 Å². The second kappa shape index (κ2) is 9.03. The Balaban J connectivity index is 1.52. The highest BCUT2D eigenvalue weighted by molar-refractivity contribution is 8.00. The van der Waals surface area contributed by atoms with E-state index in [4.69, 9.17) is 4.74 Å². The molecule has 30 heavy (non-hydrogen) atoms. The smallest absolute Gasteiger partial charge is 0.341 e. The first kappa shape index (κ1) is 21.3. The number of hydrogen-bond acceptors (Lipinski definition) is 8. The van der Waals surface area contributed by atoms with Gasteiger partial charge in [0.05, 0.1) is 17.4 Å². The van der Waals surface area contributed by atoms with Gasteiger partial charge in [0.1, 0.15) is 21.2 Å². The van der Waals surface area contributed by atoms with Crippen LogP contribution in [0.2, 0.25) is 0 Å². The number of carbonyl (C=O) groups is 2. The van der Waals surface area contributed by atoms with Crippen molar-refractivity contribution >= 4 is 61.5 Å². The van der Waals surface area contributed by atoms with Gasteiger partial charge in [0.25, 0.3) is 0 Å². The van der Waals surface area contributed by atoms with Gasteiger partial charge in [0.15, 0.2) is 0 Å². The molecule has 3 heterocycles. The minimum atomic E-state index is -0.351. The highest BCUT2D eigenvalue weighted by atomic mass is 32.2. The van der Waals surface area contributed by atoms with Crippen molar-refractivity contribution in [3.8, 4) is 0 Å². The molecule has 1 atom stereocenters. The highest BCUT2D eigenvalue weighted by Gasteiger charge is 2.29. The van der Waals surface area contributed by atoms with Crippen molar-refractivity contribution in [2.24, 2.45) is 5.92 Å². The predicted molar refractivity (Wildman–Crippen MR) is 123 cm³/mol. The van der Waals surface area contributed by atoms with Gasteiger partial charge in [0, 0.05) is 10.3 Å². The first-order chi connectivity index (χ1) is 14.4. The van der Waals surface area contributed by atoms with Gasteiger partial charge in [-0.05, 0) is 56.0 Å². The molecule has 0 aromatic carbocycles. The fraction of sp³-hybridized carbons (Fsp3) is 0.429. The Morgan fingerprint density at radius 2 is 2.20 bits per heavy atom. The molecule has 1 amide bonds. The van der Waals surface area contributed by atoms with Gasteiger partial charge in [0.2, 0.25) is 5.91 Å². The van der Waals surface area contributed by atoms with Gasteiger partial charge in [-0.25, -0.2) is 14.8 Å². The van der Waals surface area contributed by atoms with Gasteiger partial charge in [-0.2, -0.15) is 0 Å². The third-order valence-corrected chi connectivity index (χ3v) is 7.87. The molecule has 0 saturated carbocycles. The zero-order valence-corrected chi connectivity index (χ0v) is 19.5. The molecule has 4 rings (SSSR count). The van der Waals surface area contributed by atoms with E-state index in [1.807, 2.05) is 25.3 Å². The maximum atomic E-state index is 12.8. The summed E-state index contributed by atoms with van der Waals surface area (Å²) in [4.78, 5) is 36.1. The van der Waals surface area contributed by atoms with Crippen LogP contribution < -0.4 is 5.32 Å². The van der Waals surface area contributed by atoms with Crippen LogP contribution in [0.1, 0.15) is 48.0 Å². The lowest BCUT2D eigenvalue weighted by Crippen LogP contribution is -2.19. The molecule has 1 N–H and O–H groups in total. The predicted octanol–water partition coefficient (Wildman–Crippen LogP) is 5.17. The lowest BCUT2D eigenvalue weighted by atomic mass is 9.88. The van der Waals surface area contributed by atoms with E-state index in [0.717, 1.165) is 40.1 Å². The van der Waals surface area contributed by atoms with E-state index in [9.17, 15) is 9.59 Å². The molecule has 1 aliphatic rings. The number of esters is 1. The number of nitrogens with zero attached hydrogens (tertiary/aromatic N) is 2. The lowest BCUT2D eigenvalue weighted by Gasteiger charge is -2.18. The van der Waals surface area contributed by atoms with Crippen molar-refractivity contribution in [2.75, 3.05) is 11.1 Å². The standard InChI is InChI=1S/C21H23N3O3S3/c1-11(2)27-21(26)17-13-5-4-12(3)8-15(13)30-20(17)24-16(25)9-29-19-14-6-7-28-18(14)22-10-23-19/h6-7,10-12H,4-5,8-9H2,1-3H3,(H,24,25). The molecular formula is C21H23N3O3S3. The van der Waals surface area contributed by atoms with Crippen LogP contribution in [0.5, 0.6) is 0 Å². The van der Waals surface area contributed by atoms with E-state index in [0.29, 0.717) is 16.5 Å². The monoisotopic (exact) mass is 461 g/mol. The summed E-state index contributed by atoms with van der Waals surface area (Å²) >= 11 is 4.43. The average molecular weight is 462 g/mol. The Kier molecular flexibility index (Phi) is 6.40. The summed E-state index contributed by atoms with van der Waals surface area (Å²) in [5, 5.41) is 7.28. The maximum Gasteiger partial charge on any atom is 0.341 e.